The van der Waals surface area contributed by atoms with E-state index in [4.69, 9.17) is 5.26 Å². The van der Waals surface area contributed by atoms with Gasteiger partial charge in [0, 0.05) is 45.0 Å². The second-order valence-corrected chi connectivity index (χ2v) is 5.74. The molecule has 0 bridgehead atoms. The molecule has 3 rings (SSSR count). The van der Waals surface area contributed by atoms with Crippen molar-refractivity contribution in [2.75, 3.05) is 31.1 Å². The van der Waals surface area contributed by atoms with E-state index < -0.39 is 0 Å². The van der Waals surface area contributed by atoms with Crippen LogP contribution in [-0.2, 0) is 4.79 Å². The second-order valence-electron chi connectivity index (χ2n) is 5.74. The van der Waals surface area contributed by atoms with E-state index in [2.05, 4.69) is 20.9 Å². The molecule has 0 radical (unpaired) electrons. The minimum atomic E-state index is 0.282. The lowest BCUT2D eigenvalue weighted by Gasteiger charge is -2.35. The van der Waals surface area contributed by atoms with Gasteiger partial charge < -0.3 is 9.80 Å². The molecule has 2 aliphatic heterocycles. The van der Waals surface area contributed by atoms with Crippen LogP contribution >= 0.6 is 0 Å². The number of aromatic nitrogens is 2. The minimum Gasteiger partial charge on any atom is -0.354 e. The van der Waals surface area contributed by atoms with Crippen LogP contribution in [0.1, 0.15) is 31.4 Å². The van der Waals surface area contributed by atoms with E-state index in [0.29, 0.717) is 23.9 Å². The van der Waals surface area contributed by atoms with Gasteiger partial charge in [-0.05, 0) is 25.2 Å². The highest BCUT2D eigenvalue weighted by Gasteiger charge is 2.28. The van der Waals surface area contributed by atoms with Crippen molar-refractivity contribution in [2.45, 2.75) is 25.7 Å². The first kappa shape index (κ1) is 13.8. The average Bonchev–Trinajstić information content (AvgIpc) is 2.93. The smallest absolute Gasteiger partial charge is 0.222 e. The number of hydrogen-bond acceptors (Lipinski definition) is 5. The summed E-state index contributed by atoms with van der Waals surface area (Å²) >= 11 is 0. The summed E-state index contributed by atoms with van der Waals surface area (Å²) in [6, 6.07) is 2.11. The Balaban J connectivity index is 1.68. The normalized spacial score (nSPS) is 22.4. The van der Waals surface area contributed by atoms with E-state index in [1.54, 1.807) is 12.4 Å². The minimum absolute atomic E-state index is 0.282. The quantitative estimate of drug-likeness (QED) is 0.834. The van der Waals surface area contributed by atoms with Crippen LogP contribution in [0.4, 0.5) is 5.82 Å². The van der Waals surface area contributed by atoms with Crippen molar-refractivity contribution in [3.63, 3.8) is 0 Å². The molecule has 1 atom stereocenters. The topological polar surface area (TPSA) is 73.1 Å². The SMILES string of the molecule is N#Cc1nccnc1N1CCC[C@H](CN2CCCC2=O)C1. The summed E-state index contributed by atoms with van der Waals surface area (Å²) in [5, 5.41) is 9.15. The Hall–Kier alpha value is -2.16. The molecule has 0 aliphatic carbocycles. The van der Waals surface area contributed by atoms with Crippen molar-refractivity contribution in [2.24, 2.45) is 5.92 Å². The maximum Gasteiger partial charge on any atom is 0.222 e. The van der Waals surface area contributed by atoms with E-state index in [0.717, 1.165) is 45.4 Å². The van der Waals surface area contributed by atoms with Gasteiger partial charge in [0.1, 0.15) is 6.07 Å². The fourth-order valence-corrected chi connectivity index (χ4v) is 3.26. The Morgan fingerprint density at radius 3 is 2.90 bits per heavy atom. The van der Waals surface area contributed by atoms with Crippen molar-refractivity contribution >= 4 is 11.7 Å². The lowest BCUT2D eigenvalue weighted by molar-refractivity contribution is -0.128. The van der Waals surface area contributed by atoms with Gasteiger partial charge in [0.05, 0.1) is 0 Å². The summed E-state index contributed by atoms with van der Waals surface area (Å²) in [5.41, 5.74) is 0.385. The number of anilines is 1. The Labute approximate surface area is 124 Å². The number of rotatable bonds is 3. The van der Waals surface area contributed by atoms with E-state index in [1.165, 1.54) is 0 Å². The molecule has 0 N–H and O–H groups in total. The number of carbonyl (C=O) groups is 1. The van der Waals surface area contributed by atoms with Crippen LogP contribution in [-0.4, -0.2) is 47.0 Å². The fourth-order valence-electron chi connectivity index (χ4n) is 3.26. The van der Waals surface area contributed by atoms with Gasteiger partial charge in [-0.1, -0.05) is 0 Å². The Morgan fingerprint density at radius 1 is 1.29 bits per heavy atom. The summed E-state index contributed by atoms with van der Waals surface area (Å²) in [6.45, 7) is 3.47. The Morgan fingerprint density at radius 2 is 2.14 bits per heavy atom. The predicted molar refractivity (Wildman–Crippen MR) is 77.5 cm³/mol. The number of hydrogen-bond donors (Lipinski definition) is 0. The largest absolute Gasteiger partial charge is 0.354 e. The lowest BCUT2D eigenvalue weighted by Crippen LogP contribution is -2.42. The van der Waals surface area contributed by atoms with Crippen LogP contribution < -0.4 is 4.90 Å². The number of nitriles is 1. The number of amides is 1. The van der Waals surface area contributed by atoms with Gasteiger partial charge in [-0.3, -0.25) is 4.79 Å². The maximum absolute atomic E-state index is 11.7. The number of nitrogens with zero attached hydrogens (tertiary/aromatic N) is 5. The zero-order valence-corrected chi connectivity index (χ0v) is 12.0. The molecule has 2 fully saturated rings. The predicted octanol–water partition coefficient (Wildman–Crippen LogP) is 1.19. The van der Waals surface area contributed by atoms with Crippen LogP contribution in [0.3, 0.4) is 0 Å². The summed E-state index contributed by atoms with van der Waals surface area (Å²) in [7, 11) is 0. The van der Waals surface area contributed by atoms with Crippen molar-refractivity contribution in [3.05, 3.63) is 18.1 Å². The summed E-state index contributed by atoms with van der Waals surface area (Å²) in [5.74, 6) is 1.41. The molecule has 6 nitrogen and oxygen atoms in total. The van der Waals surface area contributed by atoms with Gasteiger partial charge in [0.2, 0.25) is 5.91 Å². The molecule has 110 valence electrons. The highest BCUT2D eigenvalue weighted by Crippen LogP contribution is 2.25. The van der Waals surface area contributed by atoms with Gasteiger partial charge in [0.25, 0.3) is 0 Å². The molecule has 21 heavy (non-hydrogen) atoms. The molecule has 2 aliphatic rings. The lowest BCUT2D eigenvalue weighted by atomic mass is 9.97. The van der Waals surface area contributed by atoms with Crippen molar-refractivity contribution in [3.8, 4) is 6.07 Å². The zero-order valence-electron chi connectivity index (χ0n) is 12.0. The van der Waals surface area contributed by atoms with Gasteiger partial charge in [-0.2, -0.15) is 5.26 Å². The van der Waals surface area contributed by atoms with Crippen LogP contribution in [0.15, 0.2) is 12.4 Å². The first-order valence-corrected chi connectivity index (χ1v) is 7.52. The first-order valence-electron chi connectivity index (χ1n) is 7.52. The van der Waals surface area contributed by atoms with Gasteiger partial charge in [0.15, 0.2) is 11.5 Å². The van der Waals surface area contributed by atoms with Gasteiger partial charge in [-0.25, -0.2) is 9.97 Å². The van der Waals surface area contributed by atoms with Crippen LogP contribution in [0.25, 0.3) is 0 Å². The summed E-state index contributed by atoms with van der Waals surface area (Å²) < 4.78 is 0. The molecule has 3 heterocycles. The molecule has 6 heteroatoms. The second kappa shape index (κ2) is 6.08. The third-order valence-corrected chi connectivity index (χ3v) is 4.25. The third kappa shape index (κ3) is 2.97. The molecule has 0 aromatic carbocycles. The van der Waals surface area contributed by atoms with E-state index in [9.17, 15) is 4.79 Å². The third-order valence-electron chi connectivity index (χ3n) is 4.25. The van der Waals surface area contributed by atoms with Gasteiger partial charge >= 0.3 is 0 Å². The van der Waals surface area contributed by atoms with E-state index in [-0.39, 0.29) is 5.91 Å². The summed E-state index contributed by atoms with van der Waals surface area (Å²) in [6.07, 6.45) is 7.05. The van der Waals surface area contributed by atoms with Crippen molar-refractivity contribution in [1.29, 1.82) is 5.26 Å². The Kier molecular flexibility index (Phi) is 4.00. The van der Waals surface area contributed by atoms with Crippen molar-refractivity contribution in [1.82, 2.24) is 14.9 Å². The molecule has 0 unspecified atom stereocenters. The molecular formula is C15H19N5O. The highest BCUT2D eigenvalue weighted by atomic mass is 16.2. The monoisotopic (exact) mass is 285 g/mol. The number of carbonyl (C=O) groups excluding carboxylic acids is 1. The molecule has 2 saturated heterocycles. The molecule has 0 spiro atoms. The van der Waals surface area contributed by atoms with Crippen LogP contribution in [0, 0.1) is 17.2 Å². The van der Waals surface area contributed by atoms with Crippen LogP contribution in [0.2, 0.25) is 0 Å². The molecule has 1 amide bonds. The molecule has 1 aromatic rings. The first-order chi connectivity index (χ1) is 10.3. The number of likely N-dealkylation sites (tertiary alicyclic amines) is 1. The fraction of sp³-hybridized carbons (Fsp3) is 0.600. The molecule has 0 saturated carbocycles. The maximum atomic E-state index is 11.7. The van der Waals surface area contributed by atoms with Crippen LogP contribution in [0.5, 0.6) is 0 Å². The zero-order chi connectivity index (χ0) is 14.7. The highest BCUT2D eigenvalue weighted by molar-refractivity contribution is 5.78. The molecule has 1 aromatic heterocycles. The van der Waals surface area contributed by atoms with E-state index >= 15 is 0 Å². The number of piperidine rings is 1. The van der Waals surface area contributed by atoms with E-state index in [1.807, 2.05) is 4.90 Å². The van der Waals surface area contributed by atoms with Gasteiger partial charge in [-0.15, -0.1) is 0 Å². The molecular weight excluding hydrogens is 266 g/mol. The average molecular weight is 285 g/mol. The van der Waals surface area contributed by atoms with Crippen molar-refractivity contribution < 1.29 is 4.79 Å². The summed E-state index contributed by atoms with van der Waals surface area (Å²) in [4.78, 5) is 24.3. The Bertz CT molecular complexity index is 567. The standard InChI is InChI=1S/C15H19N5O/c16-9-13-15(18-6-5-17-13)20-8-1-3-12(11-20)10-19-7-2-4-14(19)21/h5-6,12H,1-4,7-8,10-11H2/t12-/m1/s1.